The predicted molar refractivity (Wildman–Crippen MR) is 81.8 cm³/mol. The second-order valence-corrected chi connectivity index (χ2v) is 6.62. The summed E-state index contributed by atoms with van der Waals surface area (Å²) in [4.78, 5) is 2.62. The van der Waals surface area contributed by atoms with Crippen molar-refractivity contribution >= 4 is 15.9 Å². The molecule has 5 heteroatoms. The maximum Gasteiger partial charge on any atom is 0.136 e. The Morgan fingerprint density at radius 1 is 1.30 bits per heavy atom. The zero-order valence-electron chi connectivity index (χ0n) is 12.0. The molecule has 0 aromatic carbocycles. The highest BCUT2D eigenvalue weighted by molar-refractivity contribution is 9.10. The molecule has 0 amide bonds. The Hall–Kier alpha value is -0.360. The lowest BCUT2D eigenvalue weighted by molar-refractivity contribution is -0.0382. The van der Waals surface area contributed by atoms with Crippen molar-refractivity contribution in [3.8, 4) is 0 Å². The summed E-state index contributed by atoms with van der Waals surface area (Å²) in [5.41, 5.74) is 0.166. The fraction of sp³-hybridized carbons (Fsp3) is 0.733. The second-order valence-electron chi connectivity index (χ2n) is 5.76. The Labute approximate surface area is 129 Å². The largest absolute Gasteiger partial charge is 0.466 e. The van der Waals surface area contributed by atoms with E-state index in [2.05, 4.69) is 26.1 Å². The molecule has 2 aliphatic rings. The Bertz CT molecular complexity index is 437. The summed E-state index contributed by atoms with van der Waals surface area (Å²) in [7, 11) is 2.04. The lowest BCUT2D eigenvalue weighted by Gasteiger charge is -2.47. The standard InChI is InChI=1S/C15H23BrN2O2/c1-17-14(13-12(16)4-9-20-13)15(5-2-3-6-15)18-7-10-19-11-8-18/h4,9,14,17H,2-3,5-8,10-11H2,1H3. The van der Waals surface area contributed by atoms with Gasteiger partial charge in [-0.3, -0.25) is 4.90 Å². The molecule has 1 atom stereocenters. The molecule has 2 heterocycles. The second kappa shape index (κ2) is 6.18. The minimum Gasteiger partial charge on any atom is -0.466 e. The third-order valence-electron chi connectivity index (χ3n) is 4.84. The van der Waals surface area contributed by atoms with Crippen LogP contribution in [-0.4, -0.2) is 43.8 Å². The molecule has 1 aromatic heterocycles. The van der Waals surface area contributed by atoms with Crippen LogP contribution >= 0.6 is 15.9 Å². The molecule has 1 saturated heterocycles. The van der Waals surface area contributed by atoms with Gasteiger partial charge in [0.15, 0.2) is 0 Å². The van der Waals surface area contributed by atoms with Gasteiger partial charge >= 0.3 is 0 Å². The molecule has 3 rings (SSSR count). The normalized spacial score (nSPS) is 24.9. The fourth-order valence-electron chi connectivity index (χ4n) is 3.94. The van der Waals surface area contributed by atoms with Gasteiger partial charge in [0.1, 0.15) is 5.76 Å². The van der Waals surface area contributed by atoms with Crippen molar-refractivity contribution < 1.29 is 9.15 Å². The average Bonchev–Trinajstić information content (AvgIpc) is 3.12. The van der Waals surface area contributed by atoms with Crippen LogP contribution in [0, 0.1) is 0 Å². The number of nitrogens with one attached hydrogen (secondary N) is 1. The third-order valence-corrected chi connectivity index (χ3v) is 5.50. The highest BCUT2D eigenvalue weighted by atomic mass is 79.9. The van der Waals surface area contributed by atoms with E-state index in [0.29, 0.717) is 0 Å². The van der Waals surface area contributed by atoms with Gasteiger partial charge < -0.3 is 14.5 Å². The van der Waals surface area contributed by atoms with Gasteiger partial charge in [0.2, 0.25) is 0 Å². The molecule has 0 bridgehead atoms. The smallest absolute Gasteiger partial charge is 0.136 e. The van der Waals surface area contributed by atoms with Crippen molar-refractivity contribution in [3.63, 3.8) is 0 Å². The van der Waals surface area contributed by atoms with Gasteiger partial charge in [-0.1, -0.05) is 12.8 Å². The maximum atomic E-state index is 5.78. The van der Waals surface area contributed by atoms with Crippen LogP contribution in [0.4, 0.5) is 0 Å². The number of furan rings is 1. The van der Waals surface area contributed by atoms with Crippen LogP contribution in [0.5, 0.6) is 0 Å². The molecule has 2 fully saturated rings. The minimum absolute atomic E-state index is 0.166. The van der Waals surface area contributed by atoms with Crippen LogP contribution in [0.1, 0.15) is 37.5 Å². The first-order valence-corrected chi connectivity index (χ1v) is 8.30. The van der Waals surface area contributed by atoms with Crippen LogP contribution < -0.4 is 5.32 Å². The Balaban J connectivity index is 1.93. The molecule has 1 N–H and O–H groups in total. The number of rotatable bonds is 4. The summed E-state index contributed by atoms with van der Waals surface area (Å²) in [6.07, 6.45) is 6.82. The van der Waals surface area contributed by atoms with Gasteiger partial charge in [0.05, 0.1) is 30.0 Å². The number of likely N-dealkylation sites (N-methyl/N-ethyl adjacent to an activating group) is 1. The first kappa shape index (κ1) is 14.6. The summed E-state index contributed by atoms with van der Waals surface area (Å²) in [6, 6.07) is 2.22. The van der Waals surface area contributed by atoms with E-state index in [9.17, 15) is 0 Å². The van der Waals surface area contributed by atoms with Crippen LogP contribution in [0.3, 0.4) is 0 Å². The van der Waals surface area contributed by atoms with Gasteiger partial charge in [0.25, 0.3) is 0 Å². The van der Waals surface area contributed by atoms with Crippen LogP contribution in [0.25, 0.3) is 0 Å². The molecular formula is C15H23BrN2O2. The molecule has 1 saturated carbocycles. The first-order valence-electron chi connectivity index (χ1n) is 7.51. The first-order chi connectivity index (χ1) is 9.78. The van der Waals surface area contributed by atoms with Gasteiger partial charge in [-0.15, -0.1) is 0 Å². The van der Waals surface area contributed by atoms with Crippen molar-refractivity contribution in [2.75, 3.05) is 33.4 Å². The van der Waals surface area contributed by atoms with Crippen LogP contribution in [0.2, 0.25) is 0 Å². The van der Waals surface area contributed by atoms with Crippen molar-refractivity contribution in [1.82, 2.24) is 10.2 Å². The summed E-state index contributed by atoms with van der Waals surface area (Å²) in [6.45, 7) is 3.74. The number of hydrogen-bond acceptors (Lipinski definition) is 4. The highest BCUT2D eigenvalue weighted by Gasteiger charge is 2.48. The van der Waals surface area contributed by atoms with Gasteiger partial charge in [-0.2, -0.15) is 0 Å². The molecule has 1 aliphatic heterocycles. The van der Waals surface area contributed by atoms with Crippen molar-refractivity contribution in [2.45, 2.75) is 37.3 Å². The number of ether oxygens (including phenoxy) is 1. The molecule has 4 nitrogen and oxygen atoms in total. The minimum atomic E-state index is 0.166. The highest BCUT2D eigenvalue weighted by Crippen LogP contribution is 2.46. The molecular weight excluding hydrogens is 320 g/mol. The lowest BCUT2D eigenvalue weighted by Crippen LogP contribution is -2.57. The fourth-order valence-corrected chi connectivity index (χ4v) is 4.37. The van der Waals surface area contributed by atoms with E-state index in [-0.39, 0.29) is 11.6 Å². The van der Waals surface area contributed by atoms with Gasteiger partial charge in [-0.05, 0) is 41.9 Å². The molecule has 1 aliphatic carbocycles. The third kappa shape index (κ3) is 2.45. The SMILES string of the molecule is CNC(c1occc1Br)C1(N2CCOCC2)CCCC1. The lowest BCUT2D eigenvalue weighted by atomic mass is 9.84. The topological polar surface area (TPSA) is 37.6 Å². The molecule has 0 radical (unpaired) electrons. The van der Waals surface area contributed by atoms with Crippen molar-refractivity contribution in [2.24, 2.45) is 0 Å². The monoisotopic (exact) mass is 342 g/mol. The maximum absolute atomic E-state index is 5.78. The predicted octanol–water partition coefficient (Wildman–Crippen LogP) is 2.95. The number of nitrogens with zero attached hydrogens (tertiary/aromatic N) is 1. The zero-order chi connectivity index (χ0) is 14.0. The van der Waals surface area contributed by atoms with Crippen LogP contribution in [0.15, 0.2) is 21.2 Å². The molecule has 0 spiro atoms. The van der Waals surface area contributed by atoms with E-state index >= 15 is 0 Å². The van der Waals surface area contributed by atoms with E-state index in [1.165, 1.54) is 25.7 Å². The van der Waals surface area contributed by atoms with Gasteiger partial charge in [0, 0.05) is 18.6 Å². The number of hydrogen-bond donors (Lipinski definition) is 1. The Morgan fingerprint density at radius 2 is 2.00 bits per heavy atom. The number of morpholine rings is 1. The summed E-state index contributed by atoms with van der Waals surface area (Å²) in [5, 5.41) is 3.52. The summed E-state index contributed by atoms with van der Waals surface area (Å²) >= 11 is 3.63. The molecule has 1 aromatic rings. The Morgan fingerprint density at radius 3 is 2.55 bits per heavy atom. The van der Waals surface area contributed by atoms with Crippen molar-refractivity contribution in [1.29, 1.82) is 0 Å². The quantitative estimate of drug-likeness (QED) is 0.912. The summed E-state index contributed by atoms with van der Waals surface area (Å²) in [5.74, 6) is 1.03. The van der Waals surface area contributed by atoms with Crippen LogP contribution in [-0.2, 0) is 4.74 Å². The van der Waals surface area contributed by atoms with E-state index < -0.39 is 0 Å². The van der Waals surface area contributed by atoms with Gasteiger partial charge in [-0.25, -0.2) is 0 Å². The summed E-state index contributed by atoms with van der Waals surface area (Å²) < 4.78 is 12.4. The molecule has 20 heavy (non-hydrogen) atoms. The van der Waals surface area contributed by atoms with E-state index in [1.807, 2.05) is 13.1 Å². The zero-order valence-corrected chi connectivity index (χ0v) is 13.6. The van der Waals surface area contributed by atoms with E-state index in [0.717, 1.165) is 36.5 Å². The average molecular weight is 343 g/mol. The Kier molecular flexibility index (Phi) is 4.50. The number of halogens is 1. The van der Waals surface area contributed by atoms with E-state index in [1.54, 1.807) is 6.26 Å². The van der Waals surface area contributed by atoms with Crippen molar-refractivity contribution in [3.05, 3.63) is 22.6 Å². The molecule has 1 unspecified atom stereocenters. The molecule has 112 valence electrons. The van der Waals surface area contributed by atoms with E-state index in [4.69, 9.17) is 9.15 Å².